The highest BCUT2D eigenvalue weighted by molar-refractivity contribution is 5.79. The summed E-state index contributed by atoms with van der Waals surface area (Å²) in [5.41, 5.74) is 0.900. The van der Waals surface area contributed by atoms with Gasteiger partial charge in [0.2, 0.25) is 5.91 Å². The molecule has 0 radical (unpaired) electrons. The number of nitrogens with zero attached hydrogens (tertiary/aromatic N) is 1. The molecule has 0 unspecified atom stereocenters. The predicted molar refractivity (Wildman–Crippen MR) is 120 cm³/mol. The zero-order chi connectivity index (χ0) is 22.2. The Bertz CT molecular complexity index is 1010. The van der Waals surface area contributed by atoms with E-state index in [1.165, 1.54) is 0 Å². The van der Waals surface area contributed by atoms with Crippen LogP contribution >= 0.6 is 0 Å². The maximum absolute atomic E-state index is 12.7. The summed E-state index contributed by atoms with van der Waals surface area (Å²) in [4.78, 5) is 26.8. The van der Waals surface area contributed by atoms with E-state index in [1.807, 2.05) is 60.7 Å². The molecule has 0 aliphatic carbocycles. The number of likely N-dealkylation sites (tertiary alicyclic amines) is 1. The summed E-state index contributed by atoms with van der Waals surface area (Å²) in [7, 11) is 0. The molecule has 0 bridgehead atoms. The van der Waals surface area contributed by atoms with Crippen LogP contribution in [-0.4, -0.2) is 29.9 Å². The minimum Gasteiger partial charge on any atom is -0.467 e. The molecular formula is C25H27N3O4. The highest BCUT2D eigenvalue weighted by Crippen LogP contribution is 2.25. The molecule has 1 saturated heterocycles. The number of benzene rings is 2. The first kappa shape index (κ1) is 21.5. The van der Waals surface area contributed by atoms with Gasteiger partial charge in [-0.05, 0) is 43.2 Å². The molecule has 32 heavy (non-hydrogen) atoms. The number of furan rings is 1. The third-order valence-corrected chi connectivity index (χ3v) is 5.54. The Morgan fingerprint density at radius 2 is 1.66 bits per heavy atom. The highest BCUT2D eigenvalue weighted by atomic mass is 16.5. The highest BCUT2D eigenvalue weighted by Gasteiger charge is 2.27. The van der Waals surface area contributed by atoms with Crippen LogP contribution in [-0.2, 0) is 17.9 Å². The first-order chi connectivity index (χ1) is 15.7. The minimum absolute atomic E-state index is 0.00782. The van der Waals surface area contributed by atoms with Crippen molar-refractivity contribution in [2.24, 2.45) is 5.92 Å². The molecule has 1 fully saturated rings. The largest absolute Gasteiger partial charge is 0.467 e. The van der Waals surface area contributed by atoms with E-state index in [9.17, 15) is 9.59 Å². The smallest absolute Gasteiger partial charge is 0.317 e. The third-order valence-electron chi connectivity index (χ3n) is 5.54. The lowest BCUT2D eigenvalue weighted by atomic mass is 9.96. The SMILES string of the molecule is O=C(NCc1ccco1)C1CCN(C(=O)NCc2ccccc2Oc2ccccc2)CC1. The van der Waals surface area contributed by atoms with Crippen LogP contribution in [0.5, 0.6) is 11.5 Å². The molecule has 7 nitrogen and oxygen atoms in total. The first-order valence-corrected chi connectivity index (χ1v) is 10.8. The molecular weight excluding hydrogens is 406 g/mol. The van der Waals surface area contributed by atoms with Crippen LogP contribution in [0.2, 0.25) is 0 Å². The van der Waals surface area contributed by atoms with Crippen molar-refractivity contribution in [3.8, 4) is 11.5 Å². The summed E-state index contributed by atoms with van der Waals surface area (Å²) in [5, 5.41) is 5.88. The van der Waals surface area contributed by atoms with Crippen LogP contribution in [0.3, 0.4) is 0 Å². The van der Waals surface area contributed by atoms with Crippen LogP contribution in [0.4, 0.5) is 4.79 Å². The maximum Gasteiger partial charge on any atom is 0.317 e. The van der Waals surface area contributed by atoms with Crippen LogP contribution in [0, 0.1) is 5.92 Å². The molecule has 1 aromatic heterocycles. The summed E-state index contributed by atoms with van der Waals surface area (Å²) in [6, 6.07) is 20.7. The van der Waals surface area contributed by atoms with E-state index in [4.69, 9.17) is 9.15 Å². The van der Waals surface area contributed by atoms with Gasteiger partial charge < -0.3 is 24.7 Å². The van der Waals surface area contributed by atoms with Gasteiger partial charge in [0, 0.05) is 31.1 Å². The van der Waals surface area contributed by atoms with E-state index in [1.54, 1.807) is 17.2 Å². The van der Waals surface area contributed by atoms with Crippen molar-refractivity contribution in [1.29, 1.82) is 0 Å². The minimum atomic E-state index is -0.131. The van der Waals surface area contributed by atoms with E-state index in [2.05, 4.69) is 10.6 Å². The normalized spacial score (nSPS) is 14.1. The molecule has 1 aliphatic rings. The van der Waals surface area contributed by atoms with Gasteiger partial charge in [-0.15, -0.1) is 0 Å². The zero-order valence-corrected chi connectivity index (χ0v) is 17.8. The van der Waals surface area contributed by atoms with E-state index >= 15 is 0 Å². The maximum atomic E-state index is 12.7. The number of para-hydroxylation sites is 2. The molecule has 7 heteroatoms. The second kappa shape index (κ2) is 10.5. The molecule has 0 atom stereocenters. The number of hydrogen-bond donors (Lipinski definition) is 2. The van der Waals surface area contributed by atoms with Crippen molar-refractivity contribution in [3.63, 3.8) is 0 Å². The van der Waals surface area contributed by atoms with Crippen molar-refractivity contribution in [1.82, 2.24) is 15.5 Å². The second-order valence-corrected chi connectivity index (χ2v) is 7.74. The Morgan fingerprint density at radius 3 is 2.41 bits per heavy atom. The van der Waals surface area contributed by atoms with Gasteiger partial charge in [-0.2, -0.15) is 0 Å². The van der Waals surface area contributed by atoms with Gasteiger partial charge in [0.05, 0.1) is 12.8 Å². The molecule has 0 spiro atoms. The van der Waals surface area contributed by atoms with Gasteiger partial charge in [0.1, 0.15) is 17.3 Å². The number of urea groups is 1. The van der Waals surface area contributed by atoms with Crippen LogP contribution in [0.25, 0.3) is 0 Å². The van der Waals surface area contributed by atoms with Gasteiger partial charge in [-0.1, -0.05) is 36.4 Å². The van der Waals surface area contributed by atoms with Gasteiger partial charge in [-0.25, -0.2) is 4.79 Å². The lowest BCUT2D eigenvalue weighted by Gasteiger charge is -2.31. The molecule has 0 saturated carbocycles. The van der Waals surface area contributed by atoms with Crippen molar-refractivity contribution in [3.05, 3.63) is 84.3 Å². The number of amides is 3. The number of nitrogens with one attached hydrogen (secondary N) is 2. The average molecular weight is 434 g/mol. The number of piperidine rings is 1. The van der Waals surface area contributed by atoms with Crippen LogP contribution < -0.4 is 15.4 Å². The monoisotopic (exact) mass is 433 g/mol. The van der Waals surface area contributed by atoms with Gasteiger partial charge >= 0.3 is 6.03 Å². The fourth-order valence-electron chi connectivity index (χ4n) is 3.72. The van der Waals surface area contributed by atoms with Gasteiger partial charge in [0.25, 0.3) is 0 Å². The Balaban J connectivity index is 1.24. The Kier molecular flexibility index (Phi) is 7.07. The van der Waals surface area contributed by atoms with Crippen molar-refractivity contribution in [2.75, 3.05) is 13.1 Å². The molecule has 4 rings (SSSR count). The number of carbonyl (C=O) groups excluding carboxylic acids is 2. The van der Waals surface area contributed by atoms with E-state index < -0.39 is 0 Å². The quantitative estimate of drug-likeness (QED) is 0.582. The summed E-state index contributed by atoms with van der Waals surface area (Å²) in [6.07, 6.45) is 2.88. The molecule has 3 amide bonds. The summed E-state index contributed by atoms with van der Waals surface area (Å²) >= 11 is 0. The summed E-state index contributed by atoms with van der Waals surface area (Å²) in [5.74, 6) is 2.11. The third kappa shape index (κ3) is 5.69. The van der Waals surface area contributed by atoms with Crippen LogP contribution in [0.15, 0.2) is 77.4 Å². The fraction of sp³-hybridized carbons (Fsp3) is 0.280. The first-order valence-electron chi connectivity index (χ1n) is 10.8. The zero-order valence-electron chi connectivity index (χ0n) is 17.8. The molecule has 2 heterocycles. The van der Waals surface area contributed by atoms with E-state index in [0.29, 0.717) is 44.8 Å². The number of carbonyl (C=O) groups is 2. The van der Waals surface area contributed by atoms with Crippen molar-refractivity contribution in [2.45, 2.75) is 25.9 Å². The van der Waals surface area contributed by atoms with Gasteiger partial charge in [0.15, 0.2) is 0 Å². The standard InChI is InChI=1S/C25H27N3O4/c29-24(26-18-22-10-6-16-31-22)19-12-14-28(15-13-19)25(30)27-17-20-7-4-5-11-23(20)32-21-8-2-1-3-9-21/h1-11,16,19H,12-15,17-18H2,(H,26,29)(H,27,30). The predicted octanol–water partition coefficient (Wildman–Crippen LogP) is 4.31. The number of rotatable bonds is 7. The summed E-state index contributed by atoms with van der Waals surface area (Å²) < 4.78 is 11.2. The molecule has 2 N–H and O–H groups in total. The Labute approximate surface area is 187 Å². The molecule has 3 aromatic rings. The Morgan fingerprint density at radius 1 is 0.906 bits per heavy atom. The second-order valence-electron chi connectivity index (χ2n) is 7.74. The topological polar surface area (TPSA) is 83.8 Å². The molecule has 2 aromatic carbocycles. The number of ether oxygens (including phenoxy) is 1. The van der Waals surface area contributed by atoms with E-state index in [0.717, 1.165) is 17.1 Å². The summed E-state index contributed by atoms with van der Waals surface area (Å²) in [6.45, 7) is 1.85. The van der Waals surface area contributed by atoms with Crippen molar-refractivity contribution < 1.29 is 18.7 Å². The fourth-order valence-corrected chi connectivity index (χ4v) is 3.72. The lowest BCUT2D eigenvalue weighted by Crippen LogP contribution is -2.46. The van der Waals surface area contributed by atoms with Crippen molar-refractivity contribution >= 4 is 11.9 Å². The molecule has 166 valence electrons. The molecule has 1 aliphatic heterocycles. The van der Waals surface area contributed by atoms with Gasteiger partial charge in [-0.3, -0.25) is 4.79 Å². The average Bonchev–Trinajstić information content (AvgIpc) is 3.36. The lowest BCUT2D eigenvalue weighted by molar-refractivity contribution is -0.126. The van der Waals surface area contributed by atoms with Crippen LogP contribution in [0.1, 0.15) is 24.2 Å². The number of hydrogen-bond acceptors (Lipinski definition) is 4. The Hall–Kier alpha value is -3.74. The van der Waals surface area contributed by atoms with E-state index in [-0.39, 0.29) is 17.9 Å².